The Morgan fingerprint density at radius 1 is 0.634 bits per heavy atom. The Hall–Kier alpha value is -8.01. The predicted octanol–water partition coefficient (Wildman–Crippen LogP) is 10.8. The minimum absolute atomic E-state index is 0. The van der Waals surface area contributed by atoms with Crippen molar-refractivity contribution >= 4 is 79.9 Å². The van der Waals surface area contributed by atoms with Crippen LogP contribution in [0.15, 0.2) is 126 Å². The highest BCUT2D eigenvalue weighted by Gasteiger charge is 2.25. The standard InChI is InChI=1S/C27H28N6O5S.C18H13N3O2S.C3H6ClNO.CH4.FH/c1-30(2)25(34)37-18-14-15-20(22(16-18)38-26(35)31(3)4)23-28-29-24(39-27(36)32(5)6)33(23)21-13-9-11-17-10-7-8-12-19(17)21;22-12-8-9-14(16(23)10-12)17-19-20-18(24)21(17)15-7-3-5-11-4-1-2-6-13(11)15;1-5(2)3(4)6;;/h7-16H,1-6H3;1-10,22-23H,(H,20,24);1-2H3;1H4;1H. The summed E-state index contributed by atoms with van der Waals surface area (Å²) in [6.07, 6.45) is -1.23. The lowest BCUT2D eigenvalue weighted by atomic mass is 10.1. The molecule has 0 bridgehead atoms. The van der Waals surface area contributed by atoms with Crippen molar-refractivity contribution in [1.29, 1.82) is 0 Å². The Balaban J connectivity index is 0.000000291. The average molecular weight is 1030 g/mol. The zero-order chi connectivity index (χ0) is 50.1. The number of fused-ring (bicyclic) bond motifs is 2. The first kappa shape index (κ1) is 55.6. The number of H-pyrrole nitrogens is 1. The maximum atomic E-state index is 12.7. The molecular formula is C49H52ClFN10O8S2. The second-order valence-electron chi connectivity index (χ2n) is 15.6. The van der Waals surface area contributed by atoms with Gasteiger partial charge in [0.05, 0.1) is 22.5 Å². The molecule has 2 heterocycles. The van der Waals surface area contributed by atoms with E-state index in [1.165, 1.54) is 37.8 Å². The minimum atomic E-state index is -0.638. The molecular weight excluding hydrogens is 975 g/mol. The number of halogens is 2. The first-order valence-electron chi connectivity index (χ1n) is 20.7. The van der Waals surface area contributed by atoms with Gasteiger partial charge in [0.1, 0.15) is 23.0 Å². The van der Waals surface area contributed by atoms with E-state index in [2.05, 4.69) is 20.4 Å². The molecule has 0 aliphatic carbocycles. The fourth-order valence-corrected chi connectivity index (χ4v) is 7.25. The van der Waals surface area contributed by atoms with E-state index in [-0.39, 0.29) is 40.4 Å². The van der Waals surface area contributed by atoms with Crippen molar-refractivity contribution in [1.82, 2.24) is 49.1 Å². The largest absolute Gasteiger partial charge is 0.508 e. The molecule has 2 aromatic heterocycles. The zero-order valence-electron chi connectivity index (χ0n) is 39.0. The van der Waals surface area contributed by atoms with E-state index in [1.807, 2.05) is 84.9 Å². The van der Waals surface area contributed by atoms with E-state index in [4.69, 9.17) is 33.3 Å². The van der Waals surface area contributed by atoms with Gasteiger partial charge in [0, 0.05) is 91.0 Å². The summed E-state index contributed by atoms with van der Waals surface area (Å²) < 4.78 is 15.0. The molecule has 4 amide bonds. The zero-order valence-corrected chi connectivity index (χ0v) is 41.4. The Morgan fingerprint density at radius 3 is 1.69 bits per heavy atom. The molecule has 0 aliphatic rings. The van der Waals surface area contributed by atoms with Gasteiger partial charge in [-0.2, -0.15) is 5.10 Å². The number of hydrogen-bond donors (Lipinski definition) is 3. The van der Waals surface area contributed by atoms with Gasteiger partial charge < -0.3 is 39.3 Å². The molecule has 8 aromatic rings. The van der Waals surface area contributed by atoms with Crippen molar-refractivity contribution in [3.8, 4) is 57.1 Å². The van der Waals surface area contributed by atoms with Gasteiger partial charge in [-0.05, 0) is 71.0 Å². The van der Waals surface area contributed by atoms with Gasteiger partial charge in [0.2, 0.25) is 5.16 Å². The summed E-state index contributed by atoms with van der Waals surface area (Å²) >= 11 is 11.2. The molecule has 18 nitrogen and oxygen atoms in total. The number of phenolic OH excluding ortho intramolecular Hbond substituents is 2. The third-order valence-corrected chi connectivity index (χ3v) is 11.4. The number of phenols is 2. The highest BCUT2D eigenvalue weighted by molar-refractivity contribution is 8.13. The molecule has 0 radical (unpaired) electrons. The van der Waals surface area contributed by atoms with E-state index in [1.54, 1.807) is 83.7 Å². The lowest BCUT2D eigenvalue weighted by Crippen LogP contribution is -2.26. The molecule has 0 saturated carbocycles. The van der Waals surface area contributed by atoms with Gasteiger partial charge in [-0.3, -0.25) is 28.5 Å². The van der Waals surface area contributed by atoms with Crippen LogP contribution in [-0.2, 0) is 0 Å². The Morgan fingerprint density at radius 2 is 1.15 bits per heavy atom. The number of rotatable bonds is 7. The van der Waals surface area contributed by atoms with Gasteiger partial charge in [0.25, 0.3) is 5.24 Å². The molecule has 0 aliphatic heterocycles. The summed E-state index contributed by atoms with van der Waals surface area (Å²) in [6, 6.07) is 36.6. The topological polar surface area (TPSA) is 204 Å². The second-order valence-corrected chi connectivity index (χ2v) is 17.2. The Labute approximate surface area is 423 Å². The molecule has 0 saturated heterocycles. The number of carbonyl (C=O) groups is 4. The first-order chi connectivity index (χ1) is 32.9. The van der Waals surface area contributed by atoms with Crippen molar-refractivity contribution < 1.29 is 43.6 Å². The smallest absolute Gasteiger partial charge is 0.414 e. The van der Waals surface area contributed by atoms with Crippen LogP contribution in [0.4, 0.5) is 23.9 Å². The molecule has 0 unspecified atom stereocenters. The lowest BCUT2D eigenvalue weighted by molar-refractivity contribution is 0.170. The number of amides is 4. The van der Waals surface area contributed by atoms with Crippen LogP contribution in [-0.4, -0.2) is 139 Å². The van der Waals surface area contributed by atoms with Crippen LogP contribution in [0.1, 0.15) is 7.43 Å². The van der Waals surface area contributed by atoms with Gasteiger partial charge in [-0.1, -0.05) is 80.2 Å². The number of nitrogens with zero attached hydrogens (tertiary/aromatic N) is 9. The van der Waals surface area contributed by atoms with E-state index in [0.717, 1.165) is 44.7 Å². The number of thioether (sulfide) groups is 1. The lowest BCUT2D eigenvalue weighted by Gasteiger charge is -2.17. The van der Waals surface area contributed by atoms with Gasteiger partial charge >= 0.3 is 17.6 Å². The predicted molar refractivity (Wildman–Crippen MR) is 278 cm³/mol. The fourth-order valence-electron chi connectivity index (χ4n) is 6.33. The molecule has 3 N–H and O–H groups in total. The van der Waals surface area contributed by atoms with E-state index in [9.17, 15) is 29.4 Å². The number of benzene rings is 6. The van der Waals surface area contributed by atoms with Crippen LogP contribution in [0.2, 0.25) is 0 Å². The van der Waals surface area contributed by atoms with Gasteiger partial charge in [-0.25, -0.2) is 9.59 Å². The van der Waals surface area contributed by atoms with Crippen molar-refractivity contribution in [3.63, 3.8) is 0 Å². The minimum Gasteiger partial charge on any atom is -0.508 e. The second kappa shape index (κ2) is 24.5. The van der Waals surface area contributed by atoms with Gasteiger partial charge in [-0.15, -0.1) is 10.2 Å². The molecule has 0 spiro atoms. The summed E-state index contributed by atoms with van der Waals surface area (Å²) in [4.78, 5) is 52.5. The highest BCUT2D eigenvalue weighted by Crippen LogP contribution is 2.39. The normalized spacial score (nSPS) is 10.3. The third kappa shape index (κ3) is 13.2. The first-order valence-corrected chi connectivity index (χ1v) is 22.3. The maximum Gasteiger partial charge on any atom is 0.414 e. The van der Waals surface area contributed by atoms with Crippen molar-refractivity contribution in [3.05, 3.63) is 126 Å². The summed E-state index contributed by atoms with van der Waals surface area (Å²) in [5.74, 6) is 1.00. The van der Waals surface area contributed by atoms with Crippen LogP contribution in [0.25, 0.3) is 55.7 Å². The van der Waals surface area contributed by atoms with Crippen LogP contribution in [0, 0.1) is 4.77 Å². The Bertz CT molecular complexity index is 3240. The summed E-state index contributed by atoms with van der Waals surface area (Å²) in [7, 11) is 12.7. The van der Waals surface area contributed by atoms with Crippen LogP contribution < -0.4 is 9.47 Å². The van der Waals surface area contributed by atoms with Crippen LogP contribution in [0.3, 0.4) is 0 Å². The van der Waals surface area contributed by atoms with Crippen LogP contribution in [0.5, 0.6) is 23.0 Å². The molecule has 372 valence electrons. The molecule has 71 heavy (non-hydrogen) atoms. The van der Waals surface area contributed by atoms with Crippen molar-refractivity contribution in [2.75, 3.05) is 56.4 Å². The van der Waals surface area contributed by atoms with E-state index < -0.39 is 17.6 Å². The molecule has 0 atom stereocenters. The monoisotopic (exact) mass is 1030 g/mol. The average Bonchev–Trinajstić information content (AvgIpc) is 3.91. The number of aromatic nitrogens is 6. The van der Waals surface area contributed by atoms with Crippen molar-refractivity contribution in [2.45, 2.75) is 12.6 Å². The summed E-state index contributed by atoms with van der Waals surface area (Å²) in [6.45, 7) is 0. The number of ether oxygens (including phenoxy) is 2. The van der Waals surface area contributed by atoms with Crippen LogP contribution >= 0.6 is 35.6 Å². The number of nitrogens with one attached hydrogen (secondary N) is 1. The van der Waals surface area contributed by atoms with Gasteiger partial charge in [0.15, 0.2) is 16.4 Å². The van der Waals surface area contributed by atoms with E-state index in [0.29, 0.717) is 32.7 Å². The van der Waals surface area contributed by atoms with E-state index >= 15 is 0 Å². The third-order valence-electron chi connectivity index (χ3n) is 9.77. The fraction of sp³-hybridized carbons (Fsp3) is 0.184. The number of aromatic amines is 1. The maximum absolute atomic E-state index is 12.7. The Kier molecular flexibility index (Phi) is 19.2. The molecule has 8 rings (SSSR count). The quantitative estimate of drug-likeness (QED) is 0.0589. The number of carbonyl (C=O) groups excluding carboxylic acids is 4. The van der Waals surface area contributed by atoms with Crippen molar-refractivity contribution in [2.24, 2.45) is 0 Å². The molecule has 22 heteroatoms. The number of hydrogen-bond acceptors (Lipinski definition) is 13. The summed E-state index contributed by atoms with van der Waals surface area (Å²) in [5, 5.41) is 39.1. The SMILES string of the molecule is C.CN(C)C(=O)Cl.CN(C)C(=O)Oc1ccc(-c2nnc(SC(=O)N(C)C)n2-c2cccc3ccccc23)c(OC(=O)N(C)C)c1.F.Oc1ccc(-c2n[nH]c(=S)n2-c2cccc3ccccc23)c(O)c1. The number of aromatic hydroxyl groups is 2. The summed E-state index contributed by atoms with van der Waals surface area (Å²) in [5.41, 5.74) is 2.48. The molecule has 6 aromatic carbocycles. The molecule has 0 fully saturated rings. The highest BCUT2D eigenvalue weighted by atomic mass is 35.5.